The average molecular weight is 255 g/mol. The van der Waals surface area contributed by atoms with Crippen LogP contribution in [-0.4, -0.2) is 8.42 Å². The molecular weight excluding hydrogens is 247 g/mol. The van der Waals surface area contributed by atoms with E-state index in [0.29, 0.717) is 0 Å². The van der Waals surface area contributed by atoms with Gasteiger partial charge in [-0.3, -0.25) is 4.18 Å². The molecule has 0 aliphatic rings. The minimum atomic E-state index is -4.56. The Bertz CT molecular complexity index is 470. The Labute approximate surface area is 90.1 Å². The normalized spacial score (nSPS) is 12.8. The lowest BCUT2D eigenvalue weighted by molar-refractivity contribution is -0.138. The quantitative estimate of drug-likeness (QED) is 0.888. The minimum Gasteiger partial charge on any atom is -0.253 e. The molecular formula is C8H8F3NO3S. The Morgan fingerprint density at radius 2 is 1.81 bits per heavy atom. The molecule has 1 aromatic carbocycles. The summed E-state index contributed by atoms with van der Waals surface area (Å²) >= 11 is 0. The third-order valence-electron chi connectivity index (χ3n) is 1.70. The van der Waals surface area contributed by atoms with Gasteiger partial charge in [0.15, 0.2) is 0 Å². The molecule has 0 heterocycles. The number of rotatable bonds is 3. The van der Waals surface area contributed by atoms with E-state index in [9.17, 15) is 21.6 Å². The summed E-state index contributed by atoms with van der Waals surface area (Å²) in [5.41, 5.74) is -1.23. The highest BCUT2D eigenvalue weighted by atomic mass is 32.2. The molecule has 0 aliphatic carbocycles. The highest BCUT2D eigenvalue weighted by Gasteiger charge is 2.33. The Balaban J connectivity index is 2.97. The highest BCUT2D eigenvalue weighted by molar-refractivity contribution is 7.84. The molecule has 16 heavy (non-hydrogen) atoms. The van der Waals surface area contributed by atoms with Crippen molar-refractivity contribution < 1.29 is 25.8 Å². The molecule has 0 saturated carbocycles. The van der Waals surface area contributed by atoms with Crippen LogP contribution in [0, 0.1) is 0 Å². The maximum absolute atomic E-state index is 12.4. The summed E-state index contributed by atoms with van der Waals surface area (Å²) < 4.78 is 62.3. The molecule has 0 spiro atoms. The van der Waals surface area contributed by atoms with E-state index in [4.69, 9.17) is 0 Å². The van der Waals surface area contributed by atoms with Crippen LogP contribution in [0.15, 0.2) is 24.3 Å². The zero-order valence-electron chi connectivity index (χ0n) is 7.86. The Kier molecular flexibility index (Phi) is 3.56. The highest BCUT2D eigenvalue weighted by Crippen LogP contribution is 2.32. The van der Waals surface area contributed by atoms with Crippen LogP contribution in [0.25, 0.3) is 0 Å². The van der Waals surface area contributed by atoms with Crippen LogP contribution in [0.4, 0.5) is 13.2 Å². The SMILES string of the molecule is NS(=O)(=O)OCc1ccccc1C(F)(F)F. The predicted molar refractivity (Wildman–Crippen MR) is 49.3 cm³/mol. The van der Waals surface area contributed by atoms with Crippen molar-refractivity contribution in [1.29, 1.82) is 0 Å². The van der Waals surface area contributed by atoms with Crippen LogP contribution < -0.4 is 5.14 Å². The summed E-state index contributed by atoms with van der Waals surface area (Å²) in [7, 11) is -4.25. The second kappa shape index (κ2) is 4.40. The van der Waals surface area contributed by atoms with Crippen molar-refractivity contribution in [3.8, 4) is 0 Å². The van der Waals surface area contributed by atoms with Crippen LogP contribution >= 0.6 is 0 Å². The van der Waals surface area contributed by atoms with Gasteiger partial charge in [0.1, 0.15) is 0 Å². The summed E-state index contributed by atoms with van der Waals surface area (Å²) in [6, 6.07) is 4.50. The Morgan fingerprint density at radius 1 is 1.25 bits per heavy atom. The van der Waals surface area contributed by atoms with Crippen molar-refractivity contribution in [3.05, 3.63) is 35.4 Å². The summed E-state index contributed by atoms with van der Waals surface area (Å²) in [5, 5.41) is 4.51. The van der Waals surface area contributed by atoms with E-state index < -0.39 is 28.7 Å². The van der Waals surface area contributed by atoms with Gasteiger partial charge in [-0.05, 0) is 11.6 Å². The van der Waals surface area contributed by atoms with Gasteiger partial charge >= 0.3 is 16.5 Å². The number of benzene rings is 1. The van der Waals surface area contributed by atoms with Gasteiger partial charge < -0.3 is 0 Å². The predicted octanol–water partition coefficient (Wildman–Crippen LogP) is 1.43. The smallest absolute Gasteiger partial charge is 0.253 e. The number of halogens is 3. The lowest BCUT2D eigenvalue weighted by Gasteiger charge is -2.11. The first-order chi connectivity index (χ1) is 7.20. The van der Waals surface area contributed by atoms with E-state index in [-0.39, 0.29) is 5.56 Å². The van der Waals surface area contributed by atoms with Gasteiger partial charge in [0.2, 0.25) is 0 Å². The largest absolute Gasteiger partial charge is 0.416 e. The molecule has 0 aliphatic heterocycles. The first-order valence-electron chi connectivity index (χ1n) is 4.02. The third kappa shape index (κ3) is 3.80. The van der Waals surface area contributed by atoms with Crippen LogP contribution in [0.1, 0.15) is 11.1 Å². The molecule has 0 fully saturated rings. The van der Waals surface area contributed by atoms with E-state index in [2.05, 4.69) is 9.32 Å². The molecule has 0 aromatic heterocycles. The van der Waals surface area contributed by atoms with E-state index in [1.807, 2.05) is 0 Å². The standard InChI is InChI=1S/C8H8F3NO3S/c9-8(10,11)7-4-2-1-3-6(7)5-15-16(12,13)14/h1-4H,5H2,(H2,12,13,14). The Morgan fingerprint density at radius 3 is 2.31 bits per heavy atom. The molecule has 8 heteroatoms. The van der Waals surface area contributed by atoms with Crippen molar-refractivity contribution in [2.45, 2.75) is 12.8 Å². The zero-order chi connectivity index (χ0) is 12.4. The second-order valence-corrected chi connectivity index (χ2v) is 4.13. The van der Waals surface area contributed by atoms with E-state index in [0.717, 1.165) is 12.1 Å². The molecule has 90 valence electrons. The fourth-order valence-corrected chi connectivity index (χ4v) is 1.36. The number of hydrogen-bond donors (Lipinski definition) is 1. The van der Waals surface area contributed by atoms with Crippen molar-refractivity contribution in [2.75, 3.05) is 0 Å². The zero-order valence-corrected chi connectivity index (χ0v) is 8.68. The van der Waals surface area contributed by atoms with Crippen LogP contribution in [0.5, 0.6) is 0 Å². The minimum absolute atomic E-state index is 0.288. The van der Waals surface area contributed by atoms with E-state index >= 15 is 0 Å². The number of nitrogens with two attached hydrogens (primary N) is 1. The molecule has 1 rings (SSSR count). The number of hydrogen-bond acceptors (Lipinski definition) is 3. The second-order valence-electron chi connectivity index (χ2n) is 2.91. The van der Waals surface area contributed by atoms with Gasteiger partial charge in [0.25, 0.3) is 0 Å². The van der Waals surface area contributed by atoms with Crippen molar-refractivity contribution in [2.24, 2.45) is 5.14 Å². The topological polar surface area (TPSA) is 69.4 Å². The third-order valence-corrected chi connectivity index (χ3v) is 2.15. The molecule has 1 aromatic rings. The maximum Gasteiger partial charge on any atom is 0.416 e. The molecule has 0 saturated heterocycles. The van der Waals surface area contributed by atoms with Gasteiger partial charge in [-0.2, -0.15) is 21.6 Å². The van der Waals surface area contributed by atoms with Gasteiger partial charge in [0, 0.05) is 0 Å². The molecule has 0 unspecified atom stereocenters. The maximum atomic E-state index is 12.4. The van der Waals surface area contributed by atoms with Gasteiger partial charge in [-0.15, -0.1) is 0 Å². The van der Waals surface area contributed by atoms with Crippen LogP contribution in [0.3, 0.4) is 0 Å². The van der Waals surface area contributed by atoms with Crippen molar-refractivity contribution >= 4 is 10.3 Å². The van der Waals surface area contributed by atoms with Crippen LogP contribution in [0.2, 0.25) is 0 Å². The first kappa shape index (κ1) is 12.9. The van der Waals surface area contributed by atoms with Crippen molar-refractivity contribution in [1.82, 2.24) is 0 Å². The van der Waals surface area contributed by atoms with Gasteiger partial charge in [0.05, 0.1) is 12.2 Å². The molecule has 2 N–H and O–H groups in total. The molecule has 0 amide bonds. The summed E-state index contributed by atoms with van der Waals surface area (Å²) in [5.74, 6) is 0. The van der Waals surface area contributed by atoms with Gasteiger partial charge in [-0.1, -0.05) is 18.2 Å². The first-order valence-corrected chi connectivity index (χ1v) is 5.49. The average Bonchev–Trinajstić information content (AvgIpc) is 2.12. The summed E-state index contributed by atoms with van der Waals surface area (Å²) in [6.45, 7) is -0.742. The summed E-state index contributed by atoms with van der Waals surface area (Å²) in [6.07, 6.45) is -4.56. The fraction of sp³-hybridized carbons (Fsp3) is 0.250. The lowest BCUT2D eigenvalue weighted by atomic mass is 10.1. The summed E-state index contributed by atoms with van der Waals surface area (Å²) in [4.78, 5) is 0. The lowest BCUT2D eigenvalue weighted by Crippen LogP contribution is -2.17. The fourth-order valence-electron chi connectivity index (χ4n) is 1.07. The monoisotopic (exact) mass is 255 g/mol. The molecule has 0 atom stereocenters. The molecule has 4 nitrogen and oxygen atoms in total. The van der Waals surface area contributed by atoms with Crippen LogP contribution in [-0.2, 0) is 27.3 Å². The number of alkyl halides is 3. The molecule has 0 radical (unpaired) electrons. The van der Waals surface area contributed by atoms with E-state index in [1.54, 1.807) is 0 Å². The van der Waals surface area contributed by atoms with Gasteiger partial charge in [-0.25, -0.2) is 5.14 Å². The Hall–Kier alpha value is -1.12. The van der Waals surface area contributed by atoms with Crippen molar-refractivity contribution in [3.63, 3.8) is 0 Å². The van der Waals surface area contributed by atoms with E-state index in [1.165, 1.54) is 12.1 Å². The molecule has 0 bridgehead atoms.